The maximum atomic E-state index is 12.7. The molecule has 0 unspecified atom stereocenters. The van der Waals surface area contributed by atoms with Gasteiger partial charge in [-0.25, -0.2) is 0 Å². The highest BCUT2D eigenvalue weighted by atomic mass is 32.2. The van der Waals surface area contributed by atoms with Crippen LogP contribution in [0.1, 0.15) is 58.8 Å². The van der Waals surface area contributed by atoms with Gasteiger partial charge in [0.05, 0.1) is 0 Å². The van der Waals surface area contributed by atoms with Crippen LogP contribution in [0.2, 0.25) is 0 Å². The molecule has 1 aliphatic heterocycles. The van der Waals surface area contributed by atoms with E-state index in [0.717, 1.165) is 19.4 Å². The summed E-state index contributed by atoms with van der Waals surface area (Å²) >= 11 is 1.89. The van der Waals surface area contributed by atoms with Gasteiger partial charge in [-0.05, 0) is 37.7 Å². The summed E-state index contributed by atoms with van der Waals surface area (Å²) in [5.41, 5.74) is -0.674. The molecule has 21 heavy (non-hydrogen) atoms. The van der Waals surface area contributed by atoms with Crippen molar-refractivity contribution in [3.63, 3.8) is 0 Å². The Morgan fingerprint density at radius 2 is 1.81 bits per heavy atom. The van der Waals surface area contributed by atoms with Crippen LogP contribution in [-0.4, -0.2) is 47.4 Å². The summed E-state index contributed by atoms with van der Waals surface area (Å²) in [6.07, 6.45) is 8.58. The summed E-state index contributed by atoms with van der Waals surface area (Å²) in [5, 5.41) is 2.96. The predicted octanol–water partition coefficient (Wildman–Crippen LogP) is 2.82. The van der Waals surface area contributed by atoms with Crippen LogP contribution >= 0.6 is 11.8 Å². The van der Waals surface area contributed by atoms with Gasteiger partial charge in [0.2, 0.25) is 11.8 Å². The molecule has 4 nitrogen and oxygen atoms in total. The molecule has 0 saturated carbocycles. The van der Waals surface area contributed by atoms with Crippen molar-refractivity contribution in [2.75, 3.05) is 25.1 Å². The highest BCUT2D eigenvalue weighted by Gasteiger charge is 2.41. The van der Waals surface area contributed by atoms with E-state index >= 15 is 0 Å². The van der Waals surface area contributed by atoms with E-state index in [9.17, 15) is 9.59 Å². The summed E-state index contributed by atoms with van der Waals surface area (Å²) in [4.78, 5) is 26.5. The molecule has 0 bridgehead atoms. The van der Waals surface area contributed by atoms with Crippen molar-refractivity contribution in [1.29, 1.82) is 0 Å². The van der Waals surface area contributed by atoms with Gasteiger partial charge in [-0.1, -0.05) is 26.7 Å². The molecule has 0 aromatic heterocycles. The topological polar surface area (TPSA) is 49.4 Å². The first kappa shape index (κ1) is 18.3. The Morgan fingerprint density at radius 3 is 2.43 bits per heavy atom. The van der Waals surface area contributed by atoms with Crippen molar-refractivity contribution in [2.45, 2.75) is 64.3 Å². The van der Waals surface area contributed by atoms with E-state index in [0.29, 0.717) is 25.8 Å². The van der Waals surface area contributed by atoms with Gasteiger partial charge < -0.3 is 10.2 Å². The summed E-state index contributed by atoms with van der Waals surface area (Å²) < 4.78 is 0. The van der Waals surface area contributed by atoms with Crippen molar-refractivity contribution in [2.24, 2.45) is 0 Å². The van der Waals surface area contributed by atoms with Crippen LogP contribution in [0.3, 0.4) is 0 Å². The molecule has 0 atom stereocenters. The SMILES string of the molecule is CCC1(CC)NC(=O)CCN(CCCCCCSC)C1=O. The Labute approximate surface area is 133 Å². The van der Waals surface area contributed by atoms with Crippen LogP contribution in [-0.2, 0) is 9.59 Å². The molecule has 0 aromatic rings. The minimum atomic E-state index is -0.674. The molecule has 1 saturated heterocycles. The first-order valence-electron chi connectivity index (χ1n) is 8.19. The fraction of sp³-hybridized carbons (Fsp3) is 0.875. The summed E-state index contributed by atoms with van der Waals surface area (Å²) in [6.45, 7) is 5.31. The number of nitrogens with one attached hydrogen (secondary N) is 1. The van der Waals surface area contributed by atoms with Crippen LogP contribution in [0.25, 0.3) is 0 Å². The molecule has 0 aromatic carbocycles. The predicted molar refractivity (Wildman–Crippen MR) is 89.5 cm³/mol. The van der Waals surface area contributed by atoms with Gasteiger partial charge in [0.15, 0.2) is 0 Å². The van der Waals surface area contributed by atoms with Gasteiger partial charge in [-0.2, -0.15) is 11.8 Å². The van der Waals surface area contributed by atoms with Crippen molar-refractivity contribution in [1.82, 2.24) is 10.2 Å². The van der Waals surface area contributed by atoms with Crippen molar-refractivity contribution >= 4 is 23.6 Å². The molecule has 0 radical (unpaired) electrons. The number of hydrogen-bond donors (Lipinski definition) is 1. The van der Waals surface area contributed by atoms with E-state index in [2.05, 4.69) is 11.6 Å². The minimum absolute atomic E-state index is 0.00882. The van der Waals surface area contributed by atoms with Gasteiger partial charge in [-0.3, -0.25) is 9.59 Å². The van der Waals surface area contributed by atoms with E-state index in [-0.39, 0.29) is 11.8 Å². The smallest absolute Gasteiger partial charge is 0.248 e. The number of amides is 2. The van der Waals surface area contributed by atoms with Gasteiger partial charge in [0, 0.05) is 19.5 Å². The third-order valence-electron chi connectivity index (χ3n) is 4.42. The lowest BCUT2D eigenvalue weighted by atomic mass is 9.91. The zero-order valence-electron chi connectivity index (χ0n) is 13.7. The maximum Gasteiger partial charge on any atom is 0.248 e. The Hall–Kier alpha value is -0.710. The maximum absolute atomic E-state index is 12.7. The number of thioether (sulfide) groups is 1. The Morgan fingerprint density at radius 1 is 1.14 bits per heavy atom. The number of nitrogens with zero attached hydrogens (tertiary/aromatic N) is 1. The van der Waals surface area contributed by atoms with Crippen LogP contribution in [0.15, 0.2) is 0 Å². The number of unbranched alkanes of at least 4 members (excludes halogenated alkanes) is 3. The molecule has 0 spiro atoms. The Kier molecular flexibility index (Phi) is 8.15. The van der Waals surface area contributed by atoms with Gasteiger partial charge in [0.1, 0.15) is 5.54 Å². The molecule has 0 aliphatic carbocycles. The van der Waals surface area contributed by atoms with Gasteiger partial charge in [0.25, 0.3) is 0 Å². The van der Waals surface area contributed by atoms with E-state index < -0.39 is 5.54 Å². The first-order valence-corrected chi connectivity index (χ1v) is 9.58. The molecule has 1 N–H and O–H groups in total. The monoisotopic (exact) mass is 314 g/mol. The summed E-state index contributed by atoms with van der Waals surface area (Å²) in [7, 11) is 0. The average molecular weight is 314 g/mol. The third kappa shape index (κ3) is 5.20. The Balaban J connectivity index is 2.52. The number of carbonyl (C=O) groups is 2. The number of hydrogen-bond acceptors (Lipinski definition) is 3. The highest BCUT2D eigenvalue weighted by molar-refractivity contribution is 7.98. The number of carbonyl (C=O) groups excluding carboxylic acids is 2. The molecule has 1 heterocycles. The minimum Gasteiger partial charge on any atom is -0.342 e. The van der Waals surface area contributed by atoms with Gasteiger partial charge >= 0.3 is 0 Å². The van der Waals surface area contributed by atoms with Crippen LogP contribution in [0.4, 0.5) is 0 Å². The quantitative estimate of drug-likeness (QED) is 0.666. The van der Waals surface area contributed by atoms with E-state index in [4.69, 9.17) is 0 Å². The standard InChI is InChI=1S/C16H30N2O2S/c1-4-16(5-2)15(20)18(12-10-14(19)17-16)11-8-6-7-9-13-21-3/h4-13H2,1-3H3,(H,17,19). The number of rotatable bonds is 9. The molecule has 1 fully saturated rings. The summed E-state index contributed by atoms with van der Waals surface area (Å²) in [6, 6.07) is 0. The zero-order chi connectivity index (χ0) is 15.7. The normalized spacial score (nSPS) is 18.5. The fourth-order valence-electron chi connectivity index (χ4n) is 2.87. The molecule has 1 rings (SSSR count). The zero-order valence-corrected chi connectivity index (χ0v) is 14.6. The Bertz CT molecular complexity index is 343. The first-order chi connectivity index (χ1) is 10.1. The second kappa shape index (κ2) is 9.34. The molecular weight excluding hydrogens is 284 g/mol. The van der Waals surface area contributed by atoms with Gasteiger partial charge in [-0.15, -0.1) is 0 Å². The van der Waals surface area contributed by atoms with Crippen LogP contribution in [0.5, 0.6) is 0 Å². The van der Waals surface area contributed by atoms with Crippen molar-refractivity contribution in [3.8, 4) is 0 Å². The molecule has 5 heteroatoms. The molecule has 2 amide bonds. The fourth-order valence-corrected chi connectivity index (χ4v) is 3.36. The largest absolute Gasteiger partial charge is 0.342 e. The van der Waals surface area contributed by atoms with Crippen molar-refractivity contribution < 1.29 is 9.59 Å². The lowest BCUT2D eigenvalue weighted by Crippen LogP contribution is -2.56. The third-order valence-corrected chi connectivity index (χ3v) is 5.11. The second-order valence-electron chi connectivity index (χ2n) is 5.79. The highest BCUT2D eigenvalue weighted by Crippen LogP contribution is 2.22. The molecular formula is C16H30N2O2S. The summed E-state index contributed by atoms with van der Waals surface area (Å²) in [5.74, 6) is 1.34. The van der Waals surface area contributed by atoms with Crippen LogP contribution in [0, 0.1) is 0 Å². The van der Waals surface area contributed by atoms with E-state index in [1.54, 1.807) is 0 Å². The van der Waals surface area contributed by atoms with E-state index in [1.165, 1.54) is 18.6 Å². The molecule has 122 valence electrons. The van der Waals surface area contributed by atoms with Crippen molar-refractivity contribution in [3.05, 3.63) is 0 Å². The lowest BCUT2D eigenvalue weighted by molar-refractivity contribution is -0.139. The van der Waals surface area contributed by atoms with Crippen LogP contribution < -0.4 is 5.32 Å². The second-order valence-corrected chi connectivity index (χ2v) is 6.77. The van der Waals surface area contributed by atoms with E-state index in [1.807, 2.05) is 30.5 Å². The molecule has 1 aliphatic rings. The average Bonchev–Trinajstić information content (AvgIpc) is 2.61. The lowest BCUT2D eigenvalue weighted by Gasteiger charge is -2.33.